The van der Waals surface area contributed by atoms with Gasteiger partial charge in [0.05, 0.1) is 5.69 Å². The van der Waals surface area contributed by atoms with Crippen molar-refractivity contribution in [3.63, 3.8) is 0 Å². The fourth-order valence-electron chi connectivity index (χ4n) is 2.93. The van der Waals surface area contributed by atoms with E-state index in [1.807, 2.05) is 0 Å². The molecule has 1 aromatic rings. The van der Waals surface area contributed by atoms with E-state index in [1.54, 1.807) is 0 Å². The van der Waals surface area contributed by atoms with Gasteiger partial charge in [-0.1, -0.05) is 41.5 Å². The zero-order valence-electron chi connectivity index (χ0n) is 10.7. The number of hydrogen-bond donors (Lipinski definition) is 1. The maximum absolute atomic E-state index is 4.39. The Balaban J connectivity index is 2.43. The lowest BCUT2D eigenvalue weighted by Crippen LogP contribution is -2.32. The predicted octanol–water partition coefficient (Wildman–Crippen LogP) is 3.68. The molecule has 0 fully saturated rings. The van der Waals surface area contributed by atoms with Gasteiger partial charge in [0, 0.05) is 17.5 Å². The van der Waals surface area contributed by atoms with Gasteiger partial charge in [-0.3, -0.25) is 5.10 Å². The molecule has 0 aromatic carbocycles. The van der Waals surface area contributed by atoms with E-state index in [0.29, 0.717) is 17.3 Å². The Morgan fingerprint density at radius 3 is 1.93 bits per heavy atom. The lowest BCUT2D eigenvalue weighted by atomic mass is 9.64. The van der Waals surface area contributed by atoms with Gasteiger partial charge >= 0.3 is 0 Å². The van der Waals surface area contributed by atoms with Gasteiger partial charge in [0.2, 0.25) is 0 Å². The third-order valence-electron chi connectivity index (χ3n) is 3.47. The summed E-state index contributed by atoms with van der Waals surface area (Å²) in [6.45, 7) is 13.9. The first kappa shape index (κ1) is 10.7. The average molecular weight is 206 g/mol. The molecule has 1 heterocycles. The molecule has 1 aromatic heterocycles. The van der Waals surface area contributed by atoms with E-state index in [9.17, 15) is 0 Å². The number of aromatic nitrogens is 2. The highest BCUT2D eigenvalue weighted by atomic mass is 15.1. The van der Waals surface area contributed by atoms with Gasteiger partial charge in [-0.15, -0.1) is 0 Å². The molecule has 0 saturated heterocycles. The summed E-state index contributed by atoms with van der Waals surface area (Å²) in [5, 5.41) is 7.55. The van der Waals surface area contributed by atoms with Gasteiger partial charge in [-0.25, -0.2) is 0 Å². The highest BCUT2D eigenvalue weighted by Crippen LogP contribution is 2.55. The number of rotatable bonds is 0. The highest BCUT2D eigenvalue weighted by molar-refractivity contribution is 5.33. The van der Waals surface area contributed by atoms with Crippen molar-refractivity contribution in [2.75, 3.05) is 0 Å². The van der Waals surface area contributed by atoms with Crippen molar-refractivity contribution in [3.05, 3.63) is 17.5 Å². The maximum Gasteiger partial charge on any atom is 0.0668 e. The summed E-state index contributed by atoms with van der Waals surface area (Å²) >= 11 is 0. The molecule has 0 spiro atoms. The van der Waals surface area contributed by atoms with E-state index in [1.165, 1.54) is 11.4 Å². The first-order valence-electron chi connectivity index (χ1n) is 5.76. The van der Waals surface area contributed by atoms with Gasteiger partial charge in [-0.05, 0) is 16.9 Å². The summed E-state index contributed by atoms with van der Waals surface area (Å²) in [5.41, 5.74) is 3.15. The molecule has 0 radical (unpaired) electrons. The van der Waals surface area contributed by atoms with Crippen molar-refractivity contribution >= 4 is 0 Å². The zero-order valence-corrected chi connectivity index (χ0v) is 10.7. The second-order valence-corrected chi connectivity index (χ2v) is 6.94. The monoisotopic (exact) mass is 206 g/mol. The van der Waals surface area contributed by atoms with Crippen molar-refractivity contribution in [1.82, 2.24) is 10.2 Å². The van der Waals surface area contributed by atoms with Crippen LogP contribution in [0.1, 0.15) is 64.8 Å². The summed E-state index contributed by atoms with van der Waals surface area (Å²) in [6, 6.07) is 2.24. The largest absolute Gasteiger partial charge is 0.282 e. The molecule has 84 valence electrons. The Morgan fingerprint density at radius 2 is 1.53 bits per heavy atom. The molecule has 1 aliphatic rings. The minimum Gasteiger partial charge on any atom is -0.282 e. The minimum atomic E-state index is 0.289. The van der Waals surface area contributed by atoms with Gasteiger partial charge in [-0.2, -0.15) is 5.10 Å². The van der Waals surface area contributed by atoms with Crippen LogP contribution in [0.3, 0.4) is 0 Å². The van der Waals surface area contributed by atoms with Crippen LogP contribution in [-0.2, 0) is 0 Å². The van der Waals surface area contributed by atoms with Crippen molar-refractivity contribution in [2.24, 2.45) is 10.8 Å². The summed E-state index contributed by atoms with van der Waals surface area (Å²) in [5.74, 6) is 1.15. The molecule has 0 amide bonds. The van der Waals surface area contributed by atoms with E-state index in [-0.39, 0.29) is 5.41 Å². The molecule has 0 aliphatic heterocycles. The Morgan fingerprint density at radius 1 is 1.00 bits per heavy atom. The van der Waals surface area contributed by atoms with E-state index in [2.05, 4.69) is 57.8 Å². The molecule has 2 heteroatoms. The Kier molecular flexibility index (Phi) is 2.05. The normalized spacial score (nSPS) is 26.0. The first-order chi connectivity index (χ1) is 6.71. The molecule has 15 heavy (non-hydrogen) atoms. The second kappa shape index (κ2) is 2.87. The topological polar surface area (TPSA) is 28.7 Å². The minimum absolute atomic E-state index is 0.289. The van der Waals surface area contributed by atoms with E-state index in [0.717, 1.165) is 0 Å². The van der Waals surface area contributed by atoms with Crippen LogP contribution in [0.25, 0.3) is 0 Å². The lowest BCUT2D eigenvalue weighted by molar-refractivity contribution is 0.182. The highest BCUT2D eigenvalue weighted by Gasteiger charge is 2.46. The third kappa shape index (κ3) is 1.60. The number of H-pyrrole nitrogens is 1. The van der Waals surface area contributed by atoms with Crippen LogP contribution >= 0.6 is 0 Å². The number of hydrogen-bond acceptors (Lipinski definition) is 1. The van der Waals surface area contributed by atoms with Crippen LogP contribution in [0, 0.1) is 10.8 Å². The van der Waals surface area contributed by atoms with E-state index < -0.39 is 0 Å². The van der Waals surface area contributed by atoms with Crippen LogP contribution in [-0.4, -0.2) is 10.2 Å². The number of nitrogens with one attached hydrogen (secondary N) is 1. The van der Waals surface area contributed by atoms with Crippen molar-refractivity contribution in [2.45, 2.75) is 53.4 Å². The third-order valence-corrected chi connectivity index (χ3v) is 3.47. The standard InChI is InChI=1S/C13H22N2/c1-12(2,3)10-8-7-9(15-14-8)11(10)13(4,5)6/h7,10-11H,1-6H3,(H,14,15). The molecule has 1 N–H and O–H groups in total. The Hall–Kier alpha value is -0.790. The maximum atomic E-state index is 4.39. The summed E-state index contributed by atoms with van der Waals surface area (Å²) < 4.78 is 0. The first-order valence-corrected chi connectivity index (χ1v) is 5.76. The predicted molar refractivity (Wildman–Crippen MR) is 63.0 cm³/mol. The zero-order chi connectivity index (χ0) is 11.4. The second-order valence-electron chi connectivity index (χ2n) is 6.94. The quantitative estimate of drug-likeness (QED) is 0.689. The van der Waals surface area contributed by atoms with Crippen LogP contribution < -0.4 is 0 Å². The van der Waals surface area contributed by atoms with Crippen LogP contribution in [0.5, 0.6) is 0 Å². The Bertz CT molecular complexity index is 328. The molecule has 2 atom stereocenters. The summed E-state index contributed by atoms with van der Waals surface area (Å²) in [7, 11) is 0. The van der Waals surface area contributed by atoms with Gasteiger partial charge in [0.1, 0.15) is 0 Å². The molecule has 2 unspecified atom stereocenters. The summed E-state index contributed by atoms with van der Waals surface area (Å²) in [6.07, 6.45) is 0. The van der Waals surface area contributed by atoms with Crippen LogP contribution in [0.4, 0.5) is 0 Å². The van der Waals surface area contributed by atoms with E-state index >= 15 is 0 Å². The SMILES string of the molecule is CC(C)(C)C1c2cc([nH]n2)C1C(C)(C)C. The van der Waals surface area contributed by atoms with Crippen LogP contribution in [0.15, 0.2) is 6.07 Å². The number of fused-ring (bicyclic) bond motifs is 2. The molecular weight excluding hydrogens is 184 g/mol. The van der Waals surface area contributed by atoms with Gasteiger partial charge < -0.3 is 0 Å². The van der Waals surface area contributed by atoms with Crippen LogP contribution in [0.2, 0.25) is 0 Å². The lowest BCUT2D eigenvalue weighted by Gasteiger charge is -2.40. The van der Waals surface area contributed by atoms with Crippen molar-refractivity contribution in [3.8, 4) is 0 Å². The molecule has 2 nitrogen and oxygen atoms in total. The molecule has 2 bridgehead atoms. The van der Waals surface area contributed by atoms with Crippen molar-refractivity contribution in [1.29, 1.82) is 0 Å². The number of nitrogens with zero attached hydrogens (tertiary/aromatic N) is 1. The molecule has 0 saturated carbocycles. The average Bonchev–Trinajstić information content (AvgIpc) is 2.56. The smallest absolute Gasteiger partial charge is 0.0668 e. The van der Waals surface area contributed by atoms with Gasteiger partial charge in [0.25, 0.3) is 0 Å². The number of aromatic amines is 1. The summed E-state index contributed by atoms with van der Waals surface area (Å²) in [4.78, 5) is 0. The molecule has 1 aliphatic carbocycles. The van der Waals surface area contributed by atoms with Gasteiger partial charge in [0.15, 0.2) is 0 Å². The fraction of sp³-hybridized carbons (Fsp3) is 0.769. The van der Waals surface area contributed by atoms with Crippen molar-refractivity contribution < 1.29 is 0 Å². The van der Waals surface area contributed by atoms with E-state index in [4.69, 9.17) is 0 Å². The molecule has 2 rings (SSSR count). The Labute approximate surface area is 92.5 Å². The molecular formula is C13H22N2. The fourth-order valence-corrected chi connectivity index (χ4v) is 2.93.